The lowest BCUT2D eigenvalue weighted by Gasteiger charge is -2.51. The first kappa shape index (κ1) is 32.1. The molecule has 2 aliphatic carbocycles. The van der Waals surface area contributed by atoms with Crippen molar-refractivity contribution >= 4 is 63.5 Å². The van der Waals surface area contributed by atoms with E-state index in [0.29, 0.717) is 33.8 Å². The van der Waals surface area contributed by atoms with Crippen LogP contribution in [0, 0.1) is 23.7 Å². The molecule has 5 aromatic rings. The third-order valence-corrected chi connectivity index (χ3v) is 12.0. The molecular formula is C44H33ClN2O5. The highest BCUT2D eigenvalue weighted by atomic mass is 35.5. The van der Waals surface area contributed by atoms with Gasteiger partial charge in [-0.15, -0.1) is 0 Å². The summed E-state index contributed by atoms with van der Waals surface area (Å²) in [5.74, 6) is -4.68. The lowest BCUT2D eigenvalue weighted by Crippen LogP contribution is -2.53. The van der Waals surface area contributed by atoms with Gasteiger partial charge in [0.15, 0.2) is 0 Å². The smallest absolute Gasteiger partial charge is 0.246 e. The molecule has 52 heavy (non-hydrogen) atoms. The van der Waals surface area contributed by atoms with E-state index in [9.17, 15) is 14.7 Å². The minimum Gasteiger partial charge on any atom is -0.507 e. The second kappa shape index (κ2) is 11.9. The Bertz CT molecular complexity index is 2390. The second-order valence-electron chi connectivity index (χ2n) is 14.1. The summed E-state index contributed by atoms with van der Waals surface area (Å²) < 4.78 is 0. The lowest BCUT2D eigenvalue weighted by molar-refractivity contribution is -0.127. The van der Waals surface area contributed by atoms with Gasteiger partial charge < -0.3 is 5.11 Å². The van der Waals surface area contributed by atoms with Crippen LogP contribution in [-0.4, -0.2) is 28.7 Å². The molecule has 3 fully saturated rings. The number of anilines is 2. The van der Waals surface area contributed by atoms with Crippen molar-refractivity contribution in [2.45, 2.75) is 24.2 Å². The van der Waals surface area contributed by atoms with Gasteiger partial charge in [-0.05, 0) is 77.2 Å². The first-order valence-electron chi connectivity index (χ1n) is 17.5. The van der Waals surface area contributed by atoms with Crippen LogP contribution >= 0.6 is 11.6 Å². The average Bonchev–Trinajstić information content (AvgIpc) is 3.56. The zero-order chi connectivity index (χ0) is 35.9. The number of phenolic OH excluding ortho intramolecular Hbond substituents is 1. The fourth-order valence-electron chi connectivity index (χ4n) is 9.66. The molecule has 0 spiro atoms. The fraction of sp³-hybridized carbons (Fsp3) is 0.182. The SMILES string of the molecule is C=Cc1ccc(N2C(=O)[C@H]3[C@H](CC=C4[C@H]3C[C@H]3C(=O)N(c5cccc(Cl)c5)C(=O)[C@@]3(c3ccccc3)[C@H]4c3ccc(O)c4ccccc34)C2=O)cc1. The predicted octanol–water partition coefficient (Wildman–Crippen LogP) is 8.21. The normalized spacial score (nSPS) is 26.6. The Labute approximate surface area is 305 Å². The number of benzene rings is 5. The van der Waals surface area contributed by atoms with Gasteiger partial charge in [-0.1, -0.05) is 115 Å². The summed E-state index contributed by atoms with van der Waals surface area (Å²) in [4.78, 5) is 61.9. The highest BCUT2D eigenvalue weighted by molar-refractivity contribution is 6.32. The number of hydrogen-bond acceptors (Lipinski definition) is 5. The first-order chi connectivity index (χ1) is 25.2. The summed E-state index contributed by atoms with van der Waals surface area (Å²) in [5.41, 5.74) is 2.62. The van der Waals surface area contributed by atoms with Crippen molar-refractivity contribution in [2.75, 3.05) is 9.80 Å². The quantitative estimate of drug-likeness (QED) is 0.147. The van der Waals surface area contributed by atoms with E-state index in [2.05, 4.69) is 6.58 Å². The van der Waals surface area contributed by atoms with Gasteiger partial charge in [0.25, 0.3) is 0 Å². The lowest BCUT2D eigenvalue weighted by atomic mass is 9.49. The Balaban J connectivity index is 1.29. The summed E-state index contributed by atoms with van der Waals surface area (Å²) in [6.45, 7) is 3.81. The minimum atomic E-state index is -1.42. The average molecular weight is 705 g/mol. The highest BCUT2D eigenvalue weighted by Crippen LogP contribution is 2.65. The van der Waals surface area contributed by atoms with Crippen LogP contribution in [0.5, 0.6) is 5.75 Å². The number of phenols is 1. The van der Waals surface area contributed by atoms with E-state index in [0.717, 1.165) is 22.1 Å². The topological polar surface area (TPSA) is 95.0 Å². The zero-order valence-corrected chi connectivity index (χ0v) is 28.7. The maximum absolute atomic E-state index is 15.5. The summed E-state index contributed by atoms with van der Waals surface area (Å²) >= 11 is 6.44. The number of nitrogens with zero attached hydrogens (tertiary/aromatic N) is 2. The van der Waals surface area contributed by atoms with Gasteiger partial charge in [0, 0.05) is 16.3 Å². The monoisotopic (exact) mass is 704 g/mol. The number of allylic oxidation sites excluding steroid dienone is 2. The Morgan fingerprint density at radius 1 is 0.731 bits per heavy atom. The standard InChI is InChI=1S/C44H33ClN2O5/c1-2-25-15-17-28(18-16-25)46-40(49)34-20-19-33-35(38(34)42(46)51)24-36-41(50)47(29-12-8-11-27(45)23-29)43(52)44(36,26-9-4-3-5-10-26)39(33)32-21-22-37(48)31-14-7-6-13-30(31)32/h2-19,21-23,34-36,38-39,48H,1,20,24H2/t34-,35+,36-,38-,39-,44+/m0/s1. The van der Waals surface area contributed by atoms with E-state index in [1.54, 1.807) is 48.5 Å². The fourth-order valence-corrected chi connectivity index (χ4v) is 9.84. The van der Waals surface area contributed by atoms with Crippen LogP contribution in [0.1, 0.15) is 35.4 Å². The van der Waals surface area contributed by atoms with Gasteiger partial charge in [0.05, 0.1) is 34.5 Å². The molecule has 6 atom stereocenters. The molecule has 2 saturated heterocycles. The van der Waals surface area contributed by atoms with Crippen LogP contribution in [0.2, 0.25) is 5.02 Å². The molecule has 0 radical (unpaired) electrons. The van der Waals surface area contributed by atoms with Crippen LogP contribution < -0.4 is 9.80 Å². The zero-order valence-electron chi connectivity index (χ0n) is 28.0. The van der Waals surface area contributed by atoms with E-state index < -0.39 is 35.0 Å². The highest BCUT2D eigenvalue weighted by Gasteiger charge is 2.70. The van der Waals surface area contributed by atoms with Gasteiger partial charge in [-0.3, -0.25) is 24.1 Å². The van der Waals surface area contributed by atoms with E-state index in [4.69, 9.17) is 11.6 Å². The number of fused-ring (bicyclic) bond motifs is 5. The molecule has 2 aliphatic heterocycles. The Morgan fingerprint density at radius 3 is 2.19 bits per heavy atom. The second-order valence-corrected chi connectivity index (χ2v) is 14.6. The van der Waals surface area contributed by atoms with E-state index in [-0.39, 0.29) is 35.8 Å². The van der Waals surface area contributed by atoms with Crippen molar-refractivity contribution in [2.24, 2.45) is 23.7 Å². The Morgan fingerprint density at radius 2 is 1.46 bits per heavy atom. The first-order valence-corrected chi connectivity index (χ1v) is 17.8. The molecule has 8 heteroatoms. The summed E-state index contributed by atoms with van der Waals surface area (Å²) in [5, 5.41) is 12.8. The van der Waals surface area contributed by atoms with E-state index >= 15 is 9.59 Å². The number of imide groups is 2. The van der Waals surface area contributed by atoms with Gasteiger partial charge >= 0.3 is 0 Å². The van der Waals surface area contributed by atoms with Crippen LogP contribution in [0.3, 0.4) is 0 Å². The summed E-state index contributed by atoms with van der Waals surface area (Å²) in [6.07, 6.45) is 4.26. The maximum Gasteiger partial charge on any atom is 0.246 e. The van der Waals surface area contributed by atoms with E-state index in [1.807, 2.05) is 78.9 Å². The third kappa shape index (κ3) is 4.38. The van der Waals surface area contributed by atoms with Crippen molar-refractivity contribution in [3.05, 3.63) is 155 Å². The van der Waals surface area contributed by atoms with Crippen LogP contribution in [0.4, 0.5) is 11.4 Å². The van der Waals surface area contributed by atoms with Crippen LogP contribution in [0.15, 0.2) is 133 Å². The number of halogens is 1. The minimum absolute atomic E-state index is 0.0961. The number of hydrogen-bond donors (Lipinski definition) is 1. The number of aromatic hydroxyl groups is 1. The molecule has 0 aromatic heterocycles. The van der Waals surface area contributed by atoms with Crippen molar-refractivity contribution in [1.29, 1.82) is 0 Å². The number of carbonyl (C=O) groups excluding carboxylic acids is 4. The number of amides is 4. The van der Waals surface area contributed by atoms with Crippen molar-refractivity contribution < 1.29 is 24.3 Å². The largest absolute Gasteiger partial charge is 0.507 e. The third-order valence-electron chi connectivity index (χ3n) is 11.8. The molecule has 9 rings (SSSR count). The molecule has 256 valence electrons. The number of carbonyl (C=O) groups is 4. The van der Waals surface area contributed by atoms with Crippen molar-refractivity contribution in [1.82, 2.24) is 0 Å². The Hall–Kier alpha value is -5.79. The molecule has 1 saturated carbocycles. The van der Waals surface area contributed by atoms with Crippen molar-refractivity contribution in [3.63, 3.8) is 0 Å². The molecule has 7 nitrogen and oxygen atoms in total. The summed E-state index contributed by atoms with van der Waals surface area (Å²) in [7, 11) is 0. The van der Waals surface area contributed by atoms with Gasteiger partial charge in [-0.2, -0.15) is 0 Å². The molecule has 4 amide bonds. The number of rotatable bonds is 5. The van der Waals surface area contributed by atoms with Gasteiger partial charge in [0.2, 0.25) is 23.6 Å². The molecule has 5 aromatic carbocycles. The molecule has 1 N–H and O–H groups in total. The van der Waals surface area contributed by atoms with Crippen LogP contribution in [0.25, 0.3) is 16.8 Å². The summed E-state index contributed by atoms with van der Waals surface area (Å²) in [6, 6.07) is 34.3. The van der Waals surface area contributed by atoms with Gasteiger partial charge in [0.1, 0.15) is 5.75 Å². The molecular weight excluding hydrogens is 672 g/mol. The van der Waals surface area contributed by atoms with Gasteiger partial charge in [-0.25, -0.2) is 4.90 Å². The maximum atomic E-state index is 15.5. The predicted molar refractivity (Wildman–Crippen MR) is 201 cm³/mol. The van der Waals surface area contributed by atoms with Crippen LogP contribution in [-0.2, 0) is 24.6 Å². The molecule has 0 unspecified atom stereocenters. The van der Waals surface area contributed by atoms with Crippen molar-refractivity contribution in [3.8, 4) is 5.75 Å². The molecule has 4 aliphatic rings. The Kier molecular flexibility index (Phi) is 7.35. The molecule has 0 bridgehead atoms. The molecule has 2 heterocycles. The van der Waals surface area contributed by atoms with E-state index in [1.165, 1.54) is 9.80 Å².